The molecule has 0 aliphatic carbocycles. The molecule has 0 aromatic carbocycles. The third kappa shape index (κ3) is 2.02. The van der Waals surface area contributed by atoms with Gasteiger partial charge in [-0.1, -0.05) is 0 Å². The number of rotatable bonds is 3. The van der Waals surface area contributed by atoms with Crippen LogP contribution >= 0.6 is 11.3 Å². The molecule has 0 saturated heterocycles. The molecule has 0 unspecified atom stereocenters. The number of aliphatic hydroxyl groups is 1. The van der Waals surface area contributed by atoms with Crippen molar-refractivity contribution in [3.8, 4) is 0 Å². The summed E-state index contributed by atoms with van der Waals surface area (Å²) in [5.41, 5.74) is 0.721. The summed E-state index contributed by atoms with van der Waals surface area (Å²) in [6.07, 6.45) is 3.62. The van der Waals surface area contributed by atoms with Crippen molar-refractivity contribution in [2.75, 3.05) is 0 Å². The van der Waals surface area contributed by atoms with E-state index in [0.29, 0.717) is 0 Å². The second-order valence-electron chi connectivity index (χ2n) is 3.21. The number of aryl methyl sites for hydroxylation is 1. The molecule has 0 bridgehead atoms. The fraction of sp³-hybridized carbons (Fsp3) is 0.300. The number of aliphatic hydroxyl groups excluding tert-OH is 1. The Hall–Kier alpha value is -1.13. The predicted octanol–water partition coefficient (Wildman–Crippen LogP) is 1.79. The molecule has 74 valence electrons. The van der Waals surface area contributed by atoms with Crippen LogP contribution in [0.15, 0.2) is 24.7 Å². The lowest BCUT2D eigenvalue weighted by Gasteiger charge is -1.97. The van der Waals surface area contributed by atoms with Gasteiger partial charge in [-0.15, -0.1) is 11.3 Å². The first-order valence-corrected chi connectivity index (χ1v) is 5.26. The van der Waals surface area contributed by atoms with E-state index in [9.17, 15) is 0 Å². The summed E-state index contributed by atoms with van der Waals surface area (Å²) in [7, 11) is 0. The quantitative estimate of drug-likeness (QED) is 0.835. The van der Waals surface area contributed by atoms with Gasteiger partial charge in [-0.05, 0) is 19.1 Å². The third-order valence-electron chi connectivity index (χ3n) is 1.98. The van der Waals surface area contributed by atoms with Crippen molar-refractivity contribution >= 4 is 11.3 Å². The van der Waals surface area contributed by atoms with E-state index in [4.69, 9.17) is 5.11 Å². The highest BCUT2D eigenvalue weighted by Gasteiger charge is 2.00. The highest BCUT2D eigenvalue weighted by molar-refractivity contribution is 7.11. The van der Waals surface area contributed by atoms with Gasteiger partial charge in [0.25, 0.3) is 0 Å². The Morgan fingerprint density at radius 1 is 1.50 bits per heavy atom. The Balaban J connectivity index is 2.10. The predicted molar refractivity (Wildman–Crippen MR) is 56.3 cm³/mol. The highest BCUT2D eigenvalue weighted by atomic mass is 32.1. The van der Waals surface area contributed by atoms with Crippen LogP contribution in [0, 0.1) is 6.92 Å². The summed E-state index contributed by atoms with van der Waals surface area (Å²) in [6.45, 7) is 2.95. The van der Waals surface area contributed by atoms with Gasteiger partial charge in [0, 0.05) is 16.0 Å². The van der Waals surface area contributed by atoms with Gasteiger partial charge in [0.15, 0.2) is 0 Å². The molecule has 0 saturated carbocycles. The van der Waals surface area contributed by atoms with Crippen LogP contribution < -0.4 is 0 Å². The Morgan fingerprint density at radius 3 is 2.93 bits per heavy atom. The zero-order valence-electron chi connectivity index (χ0n) is 7.97. The number of hydrogen-bond acceptors (Lipinski definition) is 3. The average molecular weight is 208 g/mol. The molecule has 2 heterocycles. The van der Waals surface area contributed by atoms with Crippen molar-refractivity contribution in [1.82, 2.24) is 9.55 Å². The molecule has 2 aromatic rings. The Morgan fingerprint density at radius 2 is 2.36 bits per heavy atom. The molecule has 2 rings (SSSR count). The molecule has 2 aromatic heterocycles. The number of hydrogen-bond donors (Lipinski definition) is 1. The van der Waals surface area contributed by atoms with Gasteiger partial charge in [0.2, 0.25) is 0 Å². The first kappa shape index (κ1) is 9.43. The number of thiophene rings is 1. The molecule has 4 heteroatoms. The minimum Gasteiger partial charge on any atom is -0.390 e. The monoisotopic (exact) mass is 208 g/mol. The summed E-state index contributed by atoms with van der Waals surface area (Å²) < 4.78 is 1.98. The van der Waals surface area contributed by atoms with E-state index >= 15 is 0 Å². The SMILES string of the molecule is Cc1ccc(Cn2cnc(CO)c2)s1. The van der Waals surface area contributed by atoms with Crippen LogP contribution in [0.1, 0.15) is 15.4 Å². The maximum absolute atomic E-state index is 8.85. The van der Waals surface area contributed by atoms with E-state index in [1.807, 2.05) is 10.8 Å². The highest BCUT2D eigenvalue weighted by Crippen LogP contribution is 2.16. The molecular weight excluding hydrogens is 196 g/mol. The molecule has 0 aliphatic heterocycles. The van der Waals surface area contributed by atoms with Crippen LogP contribution in [0.5, 0.6) is 0 Å². The van der Waals surface area contributed by atoms with Gasteiger partial charge in [0.1, 0.15) is 0 Å². The zero-order valence-corrected chi connectivity index (χ0v) is 8.79. The summed E-state index contributed by atoms with van der Waals surface area (Å²) in [4.78, 5) is 6.69. The molecule has 14 heavy (non-hydrogen) atoms. The standard InChI is InChI=1S/C10H12N2OS/c1-8-2-3-10(14-8)5-12-4-9(6-13)11-7-12/h2-4,7,13H,5-6H2,1H3. The minimum absolute atomic E-state index is 0.0104. The first-order valence-electron chi connectivity index (χ1n) is 4.45. The fourth-order valence-corrected chi connectivity index (χ4v) is 2.22. The second-order valence-corrected chi connectivity index (χ2v) is 4.58. The minimum atomic E-state index is 0.0104. The number of nitrogens with zero attached hydrogens (tertiary/aromatic N) is 2. The van der Waals surface area contributed by atoms with Crippen LogP contribution in [0.2, 0.25) is 0 Å². The molecule has 3 nitrogen and oxygen atoms in total. The van der Waals surface area contributed by atoms with Crippen molar-refractivity contribution in [2.24, 2.45) is 0 Å². The molecule has 0 atom stereocenters. The summed E-state index contributed by atoms with van der Waals surface area (Å²) in [5.74, 6) is 0. The number of imidazole rings is 1. The molecule has 0 aliphatic rings. The van der Waals surface area contributed by atoms with E-state index < -0.39 is 0 Å². The average Bonchev–Trinajstić information content (AvgIpc) is 2.76. The topological polar surface area (TPSA) is 38.0 Å². The van der Waals surface area contributed by atoms with Crippen LogP contribution in [-0.4, -0.2) is 14.7 Å². The summed E-state index contributed by atoms with van der Waals surface area (Å²) in [5, 5.41) is 8.85. The zero-order chi connectivity index (χ0) is 9.97. The van der Waals surface area contributed by atoms with Gasteiger partial charge < -0.3 is 9.67 Å². The van der Waals surface area contributed by atoms with E-state index in [1.165, 1.54) is 9.75 Å². The van der Waals surface area contributed by atoms with Crippen LogP contribution in [-0.2, 0) is 13.2 Å². The van der Waals surface area contributed by atoms with Crippen molar-refractivity contribution in [2.45, 2.75) is 20.1 Å². The van der Waals surface area contributed by atoms with Crippen molar-refractivity contribution in [3.63, 3.8) is 0 Å². The van der Waals surface area contributed by atoms with Crippen molar-refractivity contribution in [1.29, 1.82) is 0 Å². The third-order valence-corrected chi connectivity index (χ3v) is 2.97. The Kier molecular flexibility index (Phi) is 2.65. The van der Waals surface area contributed by atoms with Gasteiger partial charge in [-0.25, -0.2) is 4.98 Å². The molecule has 0 radical (unpaired) electrons. The Bertz CT molecular complexity index is 419. The molecule has 0 spiro atoms. The van der Waals surface area contributed by atoms with E-state index in [0.717, 1.165) is 12.2 Å². The summed E-state index contributed by atoms with van der Waals surface area (Å²) >= 11 is 1.79. The van der Waals surface area contributed by atoms with Gasteiger partial charge in [0.05, 0.1) is 25.2 Å². The first-order chi connectivity index (χ1) is 6.78. The number of aromatic nitrogens is 2. The van der Waals surface area contributed by atoms with E-state index in [1.54, 1.807) is 17.7 Å². The van der Waals surface area contributed by atoms with Gasteiger partial charge >= 0.3 is 0 Å². The summed E-state index contributed by atoms with van der Waals surface area (Å²) in [6, 6.07) is 4.24. The lowest BCUT2D eigenvalue weighted by Crippen LogP contribution is -1.93. The lowest BCUT2D eigenvalue weighted by atomic mass is 10.4. The fourth-order valence-electron chi connectivity index (χ4n) is 1.32. The van der Waals surface area contributed by atoms with Crippen LogP contribution in [0.4, 0.5) is 0 Å². The van der Waals surface area contributed by atoms with E-state index in [-0.39, 0.29) is 6.61 Å². The van der Waals surface area contributed by atoms with Crippen molar-refractivity contribution in [3.05, 3.63) is 40.1 Å². The van der Waals surface area contributed by atoms with E-state index in [2.05, 4.69) is 24.0 Å². The smallest absolute Gasteiger partial charge is 0.0953 e. The lowest BCUT2D eigenvalue weighted by molar-refractivity contribution is 0.277. The molecule has 0 amide bonds. The second kappa shape index (κ2) is 3.94. The maximum atomic E-state index is 8.85. The van der Waals surface area contributed by atoms with Crippen molar-refractivity contribution < 1.29 is 5.11 Å². The maximum Gasteiger partial charge on any atom is 0.0953 e. The molecule has 1 N–H and O–H groups in total. The molecular formula is C10H12N2OS. The van der Waals surface area contributed by atoms with Crippen LogP contribution in [0.25, 0.3) is 0 Å². The van der Waals surface area contributed by atoms with Gasteiger partial charge in [-0.3, -0.25) is 0 Å². The van der Waals surface area contributed by atoms with Gasteiger partial charge in [-0.2, -0.15) is 0 Å². The largest absolute Gasteiger partial charge is 0.390 e. The van der Waals surface area contributed by atoms with Crippen LogP contribution in [0.3, 0.4) is 0 Å². The normalized spacial score (nSPS) is 10.7. The Labute approximate surface area is 86.7 Å². The molecule has 0 fully saturated rings.